The van der Waals surface area contributed by atoms with Crippen LogP contribution in [-0.4, -0.2) is 44.8 Å². The van der Waals surface area contributed by atoms with E-state index < -0.39 is 16.1 Å². The second-order valence-corrected chi connectivity index (χ2v) is 9.94. The van der Waals surface area contributed by atoms with E-state index in [0.29, 0.717) is 23.5 Å². The lowest BCUT2D eigenvalue weighted by Gasteiger charge is -2.29. The molecule has 1 aliphatic heterocycles. The molecule has 7 nitrogen and oxygen atoms in total. The van der Waals surface area contributed by atoms with Crippen LogP contribution in [0.1, 0.15) is 25.3 Å². The number of nitrogens with one attached hydrogen (secondary N) is 1. The van der Waals surface area contributed by atoms with E-state index in [2.05, 4.69) is 5.32 Å². The Kier molecular flexibility index (Phi) is 6.37. The Hall–Kier alpha value is -3.39. The quantitative estimate of drug-likeness (QED) is 0.553. The van der Waals surface area contributed by atoms with Gasteiger partial charge in [0.15, 0.2) is 0 Å². The first-order valence-electron chi connectivity index (χ1n) is 10.9. The number of nitrogens with zero attached hydrogens (tertiary/aromatic N) is 2. The molecule has 3 aromatic rings. The summed E-state index contributed by atoms with van der Waals surface area (Å²) in [7, 11) is -2.11. The number of anilines is 1. The van der Waals surface area contributed by atoms with E-state index in [1.54, 1.807) is 37.1 Å². The number of likely N-dealkylation sites (N-methyl/N-ethyl adjacent to an activating group) is 1. The van der Waals surface area contributed by atoms with Crippen LogP contribution < -0.4 is 9.62 Å². The van der Waals surface area contributed by atoms with E-state index >= 15 is 0 Å². The van der Waals surface area contributed by atoms with Crippen LogP contribution in [0, 0.1) is 0 Å². The Bertz CT molecular complexity index is 1290. The second kappa shape index (κ2) is 9.23. The predicted molar refractivity (Wildman–Crippen MR) is 128 cm³/mol. The van der Waals surface area contributed by atoms with Gasteiger partial charge in [-0.05, 0) is 36.4 Å². The number of hydrogen-bond acceptors (Lipinski definition) is 4. The van der Waals surface area contributed by atoms with Crippen molar-refractivity contribution < 1.29 is 18.0 Å². The molecule has 8 heteroatoms. The van der Waals surface area contributed by atoms with Gasteiger partial charge in [-0.25, -0.2) is 8.42 Å². The van der Waals surface area contributed by atoms with Crippen LogP contribution in [0.15, 0.2) is 71.6 Å². The van der Waals surface area contributed by atoms with Gasteiger partial charge >= 0.3 is 0 Å². The Morgan fingerprint density at radius 2 is 1.70 bits per heavy atom. The monoisotopic (exact) mass is 465 g/mol. The normalized spacial score (nSPS) is 14.8. The van der Waals surface area contributed by atoms with Crippen molar-refractivity contribution in [2.75, 3.05) is 17.9 Å². The lowest BCUT2D eigenvalue weighted by Crippen LogP contribution is -2.46. The van der Waals surface area contributed by atoms with Crippen molar-refractivity contribution in [2.45, 2.75) is 37.2 Å². The number of carbonyl (C=O) groups excluding carboxylic acids is 2. The highest BCUT2D eigenvalue weighted by atomic mass is 32.2. The summed E-state index contributed by atoms with van der Waals surface area (Å²) < 4.78 is 27.7. The number of sulfonamides is 1. The number of amides is 2. The molecular weight excluding hydrogens is 438 g/mol. The lowest BCUT2D eigenvalue weighted by atomic mass is 10.1. The molecule has 0 bridgehead atoms. The van der Waals surface area contributed by atoms with Gasteiger partial charge in [-0.2, -0.15) is 0 Å². The molecule has 33 heavy (non-hydrogen) atoms. The molecule has 0 aliphatic carbocycles. The molecule has 4 rings (SSSR count). The molecule has 2 amide bonds. The number of carbonyl (C=O) groups is 2. The maximum Gasteiger partial charge on any atom is 0.265 e. The molecule has 3 aromatic carbocycles. The molecule has 1 atom stereocenters. The van der Waals surface area contributed by atoms with Gasteiger partial charge in [0.25, 0.3) is 10.0 Å². The average Bonchev–Trinajstić information content (AvgIpc) is 3.05. The summed E-state index contributed by atoms with van der Waals surface area (Å²) in [5.74, 6) is -0.439. The van der Waals surface area contributed by atoms with Crippen LogP contribution in [0.5, 0.6) is 0 Å². The van der Waals surface area contributed by atoms with Gasteiger partial charge < -0.3 is 10.2 Å². The Balaban J connectivity index is 1.49. The van der Waals surface area contributed by atoms with E-state index in [1.807, 2.05) is 48.5 Å². The van der Waals surface area contributed by atoms with E-state index in [-0.39, 0.29) is 24.8 Å². The summed E-state index contributed by atoms with van der Waals surface area (Å²) in [6, 6.07) is 19.6. The van der Waals surface area contributed by atoms with Gasteiger partial charge in [-0.3, -0.25) is 13.9 Å². The number of rotatable bonds is 8. The zero-order valence-electron chi connectivity index (χ0n) is 18.7. The fourth-order valence-corrected chi connectivity index (χ4v) is 6.04. The van der Waals surface area contributed by atoms with E-state index in [1.165, 1.54) is 4.31 Å². The maximum absolute atomic E-state index is 13.1. The predicted octanol–water partition coefficient (Wildman–Crippen LogP) is 3.29. The minimum Gasteiger partial charge on any atom is -0.357 e. The van der Waals surface area contributed by atoms with Crippen LogP contribution in [0.4, 0.5) is 5.69 Å². The molecule has 1 aliphatic rings. The van der Waals surface area contributed by atoms with Crippen molar-refractivity contribution in [3.8, 4) is 0 Å². The van der Waals surface area contributed by atoms with Crippen LogP contribution in [0.3, 0.4) is 0 Å². The van der Waals surface area contributed by atoms with Crippen molar-refractivity contribution in [3.05, 3.63) is 72.3 Å². The van der Waals surface area contributed by atoms with Crippen LogP contribution >= 0.6 is 0 Å². The highest BCUT2D eigenvalue weighted by molar-refractivity contribution is 7.93. The van der Waals surface area contributed by atoms with Crippen molar-refractivity contribution >= 4 is 38.3 Å². The van der Waals surface area contributed by atoms with Gasteiger partial charge in [-0.15, -0.1) is 0 Å². The third-order valence-electron chi connectivity index (χ3n) is 6.04. The zero-order valence-corrected chi connectivity index (χ0v) is 19.5. The summed E-state index contributed by atoms with van der Waals surface area (Å²) in [6.07, 6.45) is 0.473. The van der Waals surface area contributed by atoms with Crippen LogP contribution in [0.25, 0.3) is 10.8 Å². The van der Waals surface area contributed by atoms with E-state index in [9.17, 15) is 18.0 Å². The average molecular weight is 466 g/mol. The summed E-state index contributed by atoms with van der Waals surface area (Å²) >= 11 is 0. The smallest absolute Gasteiger partial charge is 0.265 e. The molecule has 0 saturated heterocycles. The molecular formula is C25H27N3O4S. The number of benzene rings is 3. The molecule has 0 spiro atoms. The van der Waals surface area contributed by atoms with Gasteiger partial charge in [-0.1, -0.05) is 54.6 Å². The molecule has 1 N–H and O–H groups in total. The highest BCUT2D eigenvalue weighted by Gasteiger charge is 2.35. The third kappa shape index (κ3) is 4.30. The third-order valence-corrected chi connectivity index (χ3v) is 7.90. The van der Waals surface area contributed by atoms with Crippen LogP contribution in [0.2, 0.25) is 0 Å². The lowest BCUT2D eigenvalue weighted by molar-refractivity contribution is -0.140. The Morgan fingerprint density at radius 1 is 1.00 bits per heavy atom. The van der Waals surface area contributed by atoms with Gasteiger partial charge in [0.2, 0.25) is 11.8 Å². The molecule has 0 fully saturated rings. The standard InChI is InChI=1S/C25H27N3O4S/c1-18(25(30)26-2)27(17-19-9-4-3-5-10-19)23(29)15-8-16-28-21-13-6-11-20-12-7-14-22(24(20)21)33(28,31)32/h3-7,9-14,18H,8,15-17H2,1-2H3,(H,26,30)/t18-/m1/s1. The van der Waals surface area contributed by atoms with Crippen LogP contribution in [-0.2, 0) is 26.2 Å². The SMILES string of the molecule is CNC(=O)[C@@H](C)N(Cc1ccccc1)C(=O)CCCN1c2cccc3cccc(c23)S1(=O)=O. The molecule has 0 saturated carbocycles. The topological polar surface area (TPSA) is 86.8 Å². The zero-order chi connectivity index (χ0) is 23.6. The minimum absolute atomic E-state index is 0.131. The minimum atomic E-state index is -3.65. The van der Waals surface area contributed by atoms with E-state index in [0.717, 1.165) is 16.3 Å². The summed E-state index contributed by atoms with van der Waals surface area (Å²) in [5, 5.41) is 4.20. The second-order valence-electron chi connectivity index (χ2n) is 8.11. The molecule has 172 valence electrons. The first-order chi connectivity index (χ1) is 15.8. The molecule has 1 heterocycles. The fourth-order valence-electron chi connectivity index (χ4n) is 4.29. The number of hydrogen-bond donors (Lipinski definition) is 1. The Morgan fingerprint density at radius 3 is 2.39 bits per heavy atom. The van der Waals surface area contributed by atoms with Gasteiger partial charge in [0.05, 0.1) is 10.6 Å². The molecule has 0 radical (unpaired) electrons. The summed E-state index contributed by atoms with van der Waals surface area (Å²) in [5.41, 5.74) is 1.57. The molecule has 0 aromatic heterocycles. The van der Waals surface area contributed by atoms with Crippen molar-refractivity contribution in [1.82, 2.24) is 10.2 Å². The highest BCUT2D eigenvalue weighted by Crippen LogP contribution is 2.42. The maximum atomic E-state index is 13.1. The van der Waals surface area contributed by atoms with Crippen molar-refractivity contribution in [3.63, 3.8) is 0 Å². The van der Waals surface area contributed by atoms with Gasteiger partial charge in [0, 0.05) is 31.9 Å². The Labute approximate surface area is 194 Å². The summed E-state index contributed by atoms with van der Waals surface area (Å²) in [6.45, 7) is 2.19. The fraction of sp³-hybridized carbons (Fsp3) is 0.280. The van der Waals surface area contributed by atoms with E-state index in [4.69, 9.17) is 0 Å². The first-order valence-corrected chi connectivity index (χ1v) is 12.4. The molecule has 0 unspecified atom stereocenters. The first kappa shape index (κ1) is 22.8. The summed E-state index contributed by atoms with van der Waals surface area (Å²) in [4.78, 5) is 27.2. The van der Waals surface area contributed by atoms with Gasteiger partial charge in [0.1, 0.15) is 6.04 Å². The van der Waals surface area contributed by atoms with Crippen molar-refractivity contribution in [2.24, 2.45) is 0 Å². The largest absolute Gasteiger partial charge is 0.357 e. The van der Waals surface area contributed by atoms with Crippen molar-refractivity contribution in [1.29, 1.82) is 0 Å².